The highest BCUT2D eigenvalue weighted by Crippen LogP contribution is 2.36. The summed E-state index contributed by atoms with van der Waals surface area (Å²) in [7, 11) is 3.29. The molecule has 0 bridgehead atoms. The Hall–Kier alpha value is -1.46. The van der Waals surface area contributed by atoms with E-state index >= 15 is 0 Å². The van der Waals surface area contributed by atoms with Crippen LogP contribution in [0.2, 0.25) is 0 Å². The molecule has 1 saturated heterocycles. The van der Waals surface area contributed by atoms with Crippen LogP contribution in [0.3, 0.4) is 0 Å². The Labute approximate surface area is 144 Å². The minimum atomic E-state index is -0.710. The standard InChI is InChI=1S/C17H25NO4.ClH/c1-21-15-9-8-13(12-16(15)22-2)14-6-5-11-18(14)10-4-3-7-17(19)20;/h8-9,12,14H,3-7,10-11H2,1-2H3,(H,19,20);1H. The Morgan fingerprint density at radius 3 is 2.65 bits per heavy atom. The number of hydrogen-bond acceptors (Lipinski definition) is 4. The number of halogens is 1. The van der Waals surface area contributed by atoms with Gasteiger partial charge in [0, 0.05) is 12.5 Å². The van der Waals surface area contributed by atoms with E-state index in [2.05, 4.69) is 17.0 Å². The van der Waals surface area contributed by atoms with Crippen LogP contribution in [-0.2, 0) is 4.79 Å². The van der Waals surface area contributed by atoms with E-state index in [1.807, 2.05) is 6.07 Å². The van der Waals surface area contributed by atoms with Crippen LogP contribution < -0.4 is 9.47 Å². The minimum Gasteiger partial charge on any atom is -0.493 e. The van der Waals surface area contributed by atoms with Gasteiger partial charge in [0.15, 0.2) is 11.5 Å². The average Bonchev–Trinajstić information content (AvgIpc) is 2.99. The van der Waals surface area contributed by atoms with E-state index in [4.69, 9.17) is 14.6 Å². The van der Waals surface area contributed by atoms with Gasteiger partial charge in [0.1, 0.15) is 0 Å². The van der Waals surface area contributed by atoms with Crippen molar-refractivity contribution in [1.29, 1.82) is 0 Å². The number of aliphatic carboxylic acids is 1. The SMILES string of the molecule is COc1ccc(C2CCCN2CCCCC(=O)O)cc1OC.Cl. The topological polar surface area (TPSA) is 59.0 Å². The quantitative estimate of drug-likeness (QED) is 0.732. The second-order valence-electron chi connectivity index (χ2n) is 5.66. The molecule has 5 nitrogen and oxygen atoms in total. The third kappa shape index (κ3) is 5.29. The molecule has 1 N–H and O–H groups in total. The maximum Gasteiger partial charge on any atom is 0.303 e. The van der Waals surface area contributed by atoms with Crippen molar-refractivity contribution in [1.82, 2.24) is 4.90 Å². The number of methoxy groups -OCH3 is 2. The number of hydrogen-bond donors (Lipinski definition) is 1. The van der Waals surface area contributed by atoms with Crippen molar-refractivity contribution in [3.05, 3.63) is 23.8 Å². The fourth-order valence-electron chi connectivity index (χ4n) is 3.12. The second kappa shape index (κ2) is 9.63. The molecule has 0 aromatic heterocycles. The Kier molecular flexibility index (Phi) is 8.20. The molecular weight excluding hydrogens is 318 g/mol. The minimum absolute atomic E-state index is 0. The van der Waals surface area contributed by atoms with Gasteiger partial charge in [-0.2, -0.15) is 0 Å². The molecule has 1 aromatic carbocycles. The molecule has 0 spiro atoms. The molecule has 0 aliphatic carbocycles. The van der Waals surface area contributed by atoms with Crippen molar-refractivity contribution < 1.29 is 19.4 Å². The lowest BCUT2D eigenvalue weighted by Crippen LogP contribution is -2.24. The fraction of sp³-hybridized carbons (Fsp3) is 0.588. The van der Waals surface area contributed by atoms with Crippen LogP contribution in [0.4, 0.5) is 0 Å². The van der Waals surface area contributed by atoms with Gasteiger partial charge in [0.2, 0.25) is 0 Å². The van der Waals surface area contributed by atoms with Crippen LogP contribution in [-0.4, -0.2) is 43.3 Å². The predicted molar refractivity (Wildman–Crippen MR) is 91.8 cm³/mol. The fourth-order valence-corrected chi connectivity index (χ4v) is 3.12. The Bertz CT molecular complexity index is 509. The zero-order valence-corrected chi connectivity index (χ0v) is 14.6. The molecule has 0 radical (unpaired) electrons. The van der Waals surface area contributed by atoms with Gasteiger partial charge >= 0.3 is 5.97 Å². The van der Waals surface area contributed by atoms with Gasteiger partial charge in [-0.05, 0) is 56.5 Å². The molecule has 1 aliphatic rings. The summed E-state index contributed by atoms with van der Waals surface area (Å²) in [6.45, 7) is 2.03. The predicted octanol–water partition coefficient (Wildman–Crippen LogP) is 3.52. The van der Waals surface area contributed by atoms with Crippen LogP contribution >= 0.6 is 12.4 Å². The van der Waals surface area contributed by atoms with Gasteiger partial charge in [-0.1, -0.05) is 6.07 Å². The lowest BCUT2D eigenvalue weighted by molar-refractivity contribution is -0.137. The number of carboxylic acids is 1. The summed E-state index contributed by atoms with van der Waals surface area (Å²) >= 11 is 0. The monoisotopic (exact) mass is 343 g/mol. The molecule has 1 fully saturated rings. The van der Waals surface area contributed by atoms with Crippen LogP contribution in [0.15, 0.2) is 18.2 Å². The summed E-state index contributed by atoms with van der Waals surface area (Å²) in [6.07, 6.45) is 4.24. The maximum absolute atomic E-state index is 10.6. The molecule has 0 saturated carbocycles. The Morgan fingerprint density at radius 1 is 1.26 bits per heavy atom. The number of likely N-dealkylation sites (tertiary alicyclic amines) is 1. The number of ether oxygens (including phenoxy) is 2. The van der Waals surface area contributed by atoms with Gasteiger partial charge in [0.05, 0.1) is 14.2 Å². The third-order valence-electron chi connectivity index (χ3n) is 4.24. The van der Waals surface area contributed by atoms with Gasteiger partial charge in [-0.25, -0.2) is 0 Å². The second-order valence-corrected chi connectivity index (χ2v) is 5.66. The van der Waals surface area contributed by atoms with Crippen molar-refractivity contribution in [2.24, 2.45) is 0 Å². The summed E-state index contributed by atoms with van der Waals surface area (Å²) in [5, 5.41) is 8.70. The molecule has 130 valence electrons. The van der Waals surface area contributed by atoms with E-state index in [1.54, 1.807) is 14.2 Å². The molecule has 1 unspecified atom stereocenters. The smallest absolute Gasteiger partial charge is 0.303 e. The van der Waals surface area contributed by atoms with Gasteiger partial charge in [0.25, 0.3) is 0 Å². The first kappa shape index (κ1) is 19.6. The molecule has 1 aliphatic heterocycles. The van der Waals surface area contributed by atoms with E-state index in [1.165, 1.54) is 12.0 Å². The van der Waals surface area contributed by atoms with E-state index in [0.29, 0.717) is 6.04 Å². The molecule has 23 heavy (non-hydrogen) atoms. The van der Waals surface area contributed by atoms with Crippen molar-refractivity contribution in [3.8, 4) is 11.5 Å². The highest BCUT2D eigenvalue weighted by atomic mass is 35.5. The summed E-state index contributed by atoms with van der Waals surface area (Å²) in [5.74, 6) is 0.799. The molecule has 1 aromatic rings. The highest BCUT2D eigenvalue weighted by molar-refractivity contribution is 5.85. The largest absolute Gasteiger partial charge is 0.493 e. The zero-order valence-electron chi connectivity index (χ0n) is 13.8. The van der Waals surface area contributed by atoms with Crippen LogP contribution in [0, 0.1) is 0 Å². The van der Waals surface area contributed by atoms with Crippen LogP contribution in [0.25, 0.3) is 0 Å². The van der Waals surface area contributed by atoms with Crippen LogP contribution in [0.5, 0.6) is 11.5 Å². The molecule has 1 atom stereocenters. The molecule has 2 rings (SSSR count). The summed E-state index contributed by atoms with van der Waals surface area (Å²) in [6, 6.07) is 6.50. The first-order valence-electron chi connectivity index (χ1n) is 7.83. The molecular formula is C17H26ClNO4. The Morgan fingerprint density at radius 2 is 2.00 bits per heavy atom. The highest BCUT2D eigenvalue weighted by Gasteiger charge is 2.26. The van der Waals surface area contributed by atoms with Crippen molar-refractivity contribution in [3.63, 3.8) is 0 Å². The van der Waals surface area contributed by atoms with E-state index in [-0.39, 0.29) is 18.8 Å². The zero-order chi connectivity index (χ0) is 15.9. The Balaban J connectivity index is 0.00000264. The number of carbonyl (C=O) groups is 1. The number of benzene rings is 1. The van der Waals surface area contributed by atoms with Crippen LogP contribution in [0.1, 0.15) is 43.7 Å². The normalized spacial score (nSPS) is 17.6. The molecule has 1 heterocycles. The third-order valence-corrected chi connectivity index (χ3v) is 4.24. The summed E-state index contributed by atoms with van der Waals surface area (Å²) in [5.41, 5.74) is 1.24. The number of carboxylic acid groups (broad SMARTS) is 1. The van der Waals surface area contributed by atoms with Crippen molar-refractivity contribution >= 4 is 18.4 Å². The number of rotatable bonds is 8. The lowest BCUT2D eigenvalue weighted by Gasteiger charge is -2.25. The van der Waals surface area contributed by atoms with Crippen molar-refractivity contribution in [2.75, 3.05) is 27.3 Å². The average molecular weight is 344 g/mol. The van der Waals surface area contributed by atoms with E-state index in [0.717, 1.165) is 43.9 Å². The summed E-state index contributed by atoms with van der Waals surface area (Å²) < 4.78 is 10.7. The molecule has 0 amide bonds. The first-order valence-corrected chi connectivity index (χ1v) is 7.83. The number of unbranched alkanes of at least 4 members (excludes halogenated alkanes) is 1. The maximum atomic E-state index is 10.6. The van der Waals surface area contributed by atoms with Crippen molar-refractivity contribution in [2.45, 2.75) is 38.1 Å². The van der Waals surface area contributed by atoms with Gasteiger partial charge in [-0.3, -0.25) is 9.69 Å². The lowest BCUT2D eigenvalue weighted by atomic mass is 10.0. The van der Waals surface area contributed by atoms with Gasteiger partial charge < -0.3 is 14.6 Å². The first-order chi connectivity index (χ1) is 10.7. The number of nitrogens with zero attached hydrogens (tertiary/aromatic N) is 1. The van der Waals surface area contributed by atoms with Gasteiger partial charge in [-0.15, -0.1) is 12.4 Å². The summed E-state index contributed by atoms with van der Waals surface area (Å²) in [4.78, 5) is 13.0. The van der Waals surface area contributed by atoms with E-state index < -0.39 is 5.97 Å². The molecule has 6 heteroatoms. The van der Waals surface area contributed by atoms with E-state index in [9.17, 15) is 4.79 Å².